The van der Waals surface area contributed by atoms with E-state index in [9.17, 15) is 9.90 Å². The number of aliphatic hydroxyl groups excluding tert-OH is 1. The molecular weight excluding hydrogens is 360 g/mol. The average Bonchev–Trinajstić information content (AvgIpc) is 2.66. The highest BCUT2D eigenvalue weighted by molar-refractivity contribution is 5.85. The highest BCUT2D eigenvalue weighted by Gasteiger charge is 2.36. The smallest absolute Gasteiger partial charge is 0.240 e. The van der Waals surface area contributed by atoms with Gasteiger partial charge in [-0.3, -0.25) is 4.79 Å². The maximum atomic E-state index is 12.9. The van der Waals surface area contributed by atoms with Crippen LogP contribution >= 0.6 is 12.4 Å². The van der Waals surface area contributed by atoms with Crippen LogP contribution in [-0.2, 0) is 16.1 Å². The van der Waals surface area contributed by atoms with Crippen LogP contribution in [0.1, 0.15) is 30.1 Å². The number of β-amino-alcohol motifs (C(OH)–C–C–N with tert-alkyl or cyclic N) is 1. The standard InChI is InChI=1S/C18H26N2O5.ClH/c1-23-14-3-4-15(24-2)16-12(14)9-20(10-13(16)21)18(22)17(19)11-5-7-25-8-6-11;/h3-4,11,13,17,21H,5-10,19H2,1-2H3;1H. The van der Waals surface area contributed by atoms with Gasteiger partial charge in [0.05, 0.1) is 26.8 Å². The molecule has 0 spiro atoms. The maximum Gasteiger partial charge on any atom is 0.240 e. The third kappa shape index (κ3) is 3.91. The predicted octanol–water partition coefficient (Wildman–Crippen LogP) is 1.26. The lowest BCUT2D eigenvalue weighted by molar-refractivity contribution is -0.137. The summed E-state index contributed by atoms with van der Waals surface area (Å²) in [7, 11) is 3.14. The van der Waals surface area contributed by atoms with Gasteiger partial charge in [0.1, 0.15) is 17.6 Å². The van der Waals surface area contributed by atoms with Crippen LogP contribution in [0.5, 0.6) is 11.5 Å². The van der Waals surface area contributed by atoms with Crippen molar-refractivity contribution in [2.45, 2.75) is 31.5 Å². The SMILES string of the molecule is COc1ccc(OC)c2c1CN(C(=O)C(N)C1CCOCC1)CC2O.Cl. The van der Waals surface area contributed by atoms with Crippen LogP contribution in [0.15, 0.2) is 12.1 Å². The second-order valence-electron chi connectivity index (χ2n) is 6.57. The third-order valence-corrected chi connectivity index (χ3v) is 5.16. The first-order chi connectivity index (χ1) is 12.1. The van der Waals surface area contributed by atoms with E-state index in [0.717, 1.165) is 18.4 Å². The fraction of sp³-hybridized carbons (Fsp3) is 0.611. The summed E-state index contributed by atoms with van der Waals surface area (Å²) in [6, 6.07) is 2.98. The van der Waals surface area contributed by atoms with Gasteiger partial charge in [-0.05, 0) is 30.9 Å². The third-order valence-electron chi connectivity index (χ3n) is 5.16. The molecule has 1 aromatic rings. The molecule has 3 rings (SSSR count). The molecule has 0 aromatic heterocycles. The van der Waals surface area contributed by atoms with Gasteiger partial charge in [0.2, 0.25) is 5.91 Å². The number of methoxy groups -OCH3 is 2. The number of fused-ring (bicyclic) bond motifs is 1. The number of hydrogen-bond acceptors (Lipinski definition) is 6. The van der Waals surface area contributed by atoms with Crippen molar-refractivity contribution in [3.63, 3.8) is 0 Å². The molecule has 2 heterocycles. The second-order valence-corrected chi connectivity index (χ2v) is 6.57. The molecule has 2 aliphatic heterocycles. The minimum atomic E-state index is -0.834. The molecular formula is C18H27ClN2O5. The summed E-state index contributed by atoms with van der Waals surface area (Å²) in [5, 5.41) is 10.6. The van der Waals surface area contributed by atoms with Crippen LogP contribution in [0.2, 0.25) is 0 Å². The van der Waals surface area contributed by atoms with Gasteiger partial charge in [-0.2, -0.15) is 0 Å². The summed E-state index contributed by atoms with van der Waals surface area (Å²) in [5.74, 6) is 1.21. The Labute approximate surface area is 159 Å². The molecule has 2 atom stereocenters. The van der Waals surface area contributed by atoms with Gasteiger partial charge < -0.3 is 30.0 Å². The van der Waals surface area contributed by atoms with E-state index in [1.54, 1.807) is 31.3 Å². The molecule has 3 N–H and O–H groups in total. The number of nitrogens with two attached hydrogens (primary N) is 1. The molecule has 7 nitrogen and oxygen atoms in total. The number of ether oxygens (including phenoxy) is 3. The van der Waals surface area contributed by atoms with Crippen molar-refractivity contribution >= 4 is 18.3 Å². The summed E-state index contributed by atoms with van der Waals surface area (Å²) in [4.78, 5) is 14.5. The fourth-order valence-corrected chi connectivity index (χ4v) is 3.73. The van der Waals surface area contributed by atoms with Crippen molar-refractivity contribution in [2.75, 3.05) is 34.0 Å². The van der Waals surface area contributed by atoms with E-state index < -0.39 is 12.1 Å². The molecule has 1 saturated heterocycles. The molecule has 0 aliphatic carbocycles. The predicted molar refractivity (Wildman–Crippen MR) is 98.7 cm³/mol. The van der Waals surface area contributed by atoms with Crippen LogP contribution in [0.3, 0.4) is 0 Å². The van der Waals surface area contributed by atoms with Gasteiger partial charge in [-0.15, -0.1) is 12.4 Å². The molecule has 1 fully saturated rings. The van der Waals surface area contributed by atoms with Crippen molar-refractivity contribution in [3.8, 4) is 11.5 Å². The van der Waals surface area contributed by atoms with Gasteiger partial charge in [0.15, 0.2) is 0 Å². The molecule has 1 aromatic carbocycles. The van der Waals surface area contributed by atoms with Gasteiger partial charge in [-0.1, -0.05) is 0 Å². The number of benzene rings is 1. The number of aliphatic hydroxyl groups is 1. The first-order valence-corrected chi connectivity index (χ1v) is 8.60. The lowest BCUT2D eigenvalue weighted by Gasteiger charge is -2.37. The van der Waals surface area contributed by atoms with Crippen molar-refractivity contribution in [3.05, 3.63) is 23.3 Å². The largest absolute Gasteiger partial charge is 0.496 e. The Morgan fingerprint density at radius 2 is 1.88 bits per heavy atom. The van der Waals surface area contributed by atoms with E-state index >= 15 is 0 Å². The van der Waals surface area contributed by atoms with E-state index in [2.05, 4.69) is 0 Å². The van der Waals surface area contributed by atoms with Crippen molar-refractivity contribution in [1.29, 1.82) is 0 Å². The summed E-state index contributed by atoms with van der Waals surface area (Å²) in [6.45, 7) is 1.83. The van der Waals surface area contributed by atoms with Crippen molar-refractivity contribution < 1.29 is 24.1 Å². The molecule has 0 saturated carbocycles. The minimum Gasteiger partial charge on any atom is -0.496 e. The molecule has 1 amide bonds. The quantitative estimate of drug-likeness (QED) is 0.808. The number of carbonyl (C=O) groups excluding carboxylic acids is 1. The van der Waals surface area contributed by atoms with Crippen LogP contribution in [0.25, 0.3) is 0 Å². The normalized spacial score (nSPS) is 21.4. The Balaban J connectivity index is 0.00000243. The number of carbonyl (C=O) groups is 1. The molecule has 0 bridgehead atoms. The summed E-state index contributed by atoms with van der Waals surface area (Å²) in [6.07, 6.45) is 0.744. The summed E-state index contributed by atoms with van der Waals surface area (Å²) >= 11 is 0. The first-order valence-electron chi connectivity index (χ1n) is 8.60. The Morgan fingerprint density at radius 1 is 1.27 bits per heavy atom. The Hall–Kier alpha value is -1.54. The first kappa shape index (κ1) is 20.8. The molecule has 2 unspecified atom stereocenters. The summed E-state index contributed by atoms with van der Waals surface area (Å²) in [5.41, 5.74) is 7.69. The van der Waals surface area contributed by atoms with E-state index in [-0.39, 0.29) is 30.8 Å². The van der Waals surface area contributed by atoms with E-state index in [4.69, 9.17) is 19.9 Å². The molecule has 146 valence electrons. The van der Waals surface area contributed by atoms with Crippen molar-refractivity contribution in [2.24, 2.45) is 11.7 Å². The number of halogens is 1. The molecule has 2 aliphatic rings. The Kier molecular flexibility index (Phi) is 7.11. The van der Waals surface area contributed by atoms with Gasteiger partial charge >= 0.3 is 0 Å². The fourth-order valence-electron chi connectivity index (χ4n) is 3.73. The van der Waals surface area contributed by atoms with E-state index in [1.807, 2.05) is 0 Å². The van der Waals surface area contributed by atoms with Gasteiger partial charge in [0, 0.05) is 30.9 Å². The number of hydrogen-bond donors (Lipinski definition) is 2. The monoisotopic (exact) mass is 386 g/mol. The zero-order valence-electron chi connectivity index (χ0n) is 15.1. The maximum absolute atomic E-state index is 12.9. The number of rotatable bonds is 4. The van der Waals surface area contributed by atoms with Crippen LogP contribution in [0.4, 0.5) is 0 Å². The van der Waals surface area contributed by atoms with Crippen LogP contribution in [-0.4, -0.2) is 55.9 Å². The lowest BCUT2D eigenvalue weighted by Crippen LogP contribution is -2.51. The summed E-state index contributed by atoms with van der Waals surface area (Å²) < 4.78 is 16.1. The lowest BCUT2D eigenvalue weighted by atomic mass is 9.90. The van der Waals surface area contributed by atoms with Crippen LogP contribution in [0, 0.1) is 5.92 Å². The highest BCUT2D eigenvalue weighted by Crippen LogP contribution is 2.39. The minimum absolute atomic E-state index is 0. The second kappa shape index (κ2) is 8.90. The zero-order valence-corrected chi connectivity index (χ0v) is 16.0. The zero-order chi connectivity index (χ0) is 18.0. The molecule has 26 heavy (non-hydrogen) atoms. The average molecular weight is 387 g/mol. The van der Waals surface area contributed by atoms with E-state index in [0.29, 0.717) is 36.8 Å². The highest BCUT2D eigenvalue weighted by atomic mass is 35.5. The number of nitrogens with zero attached hydrogens (tertiary/aromatic N) is 1. The number of amides is 1. The van der Waals surface area contributed by atoms with Gasteiger partial charge in [-0.25, -0.2) is 0 Å². The topological polar surface area (TPSA) is 94.3 Å². The Morgan fingerprint density at radius 3 is 2.50 bits per heavy atom. The van der Waals surface area contributed by atoms with Crippen LogP contribution < -0.4 is 15.2 Å². The van der Waals surface area contributed by atoms with Gasteiger partial charge in [0.25, 0.3) is 0 Å². The van der Waals surface area contributed by atoms with Crippen molar-refractivity contribution in [1.82, 2.24) is 4.90 Å². The molecule has 0 radical (unpaired) electrons. The Bertz CT molecular complexity index is 636. The van der Waals surface area contributed by atoms with E-state index in [1.165, 1.54) is 0 Å². The molecule has 8 heteroatoms.